The van der Waals surface area contributed by atoms with Crippen LogP contribution in [0.25, 0.3) is 0 Å². The maximum Gasteiger partial charge on any atom is 0.336 e. The molecule has 1 amide bonds. The Hall–Kier alpha value is -2.67. The lowest BCUT2D eigenvalue weighted by Gasteiger charge is -2.13. The first-order valence-corrected chi connectivity index (χ1v) is 8.58. The minimum absolute atomic E-state index is 0.164. The molecule has 1 atom stereocenters. The van der Waals surface area contributed by atoms with Gasteiger partial charge in [-0.05, 0) is 36.8 Å². The summed E-state index contributed by atoms with van der Waals surface area (Å²) in [6.07, 6.45) is 0. The average molecular weight is 359 g/mol. The van der Waals surface area contributed by atoms with E-state index < -0.39 is 11.2 Å². The summed E-state index contributed by atoms with van der Waals surface area (Å²) < 4.78 is 10.6. The van der Waals surface area contributed by atoms with E-state index in [-0.39, 0.29) is 18.3 Å². The van der Waals surface area contributed by atoms with E-state index in [0.29, 0.717) is 22.9 Å². The fourth-order valence-corrected chi connectivity index (χ4v) is 3.38. The average Bonchev–Trinajstić information content (AvgIpc) is 3.07. The van der Waals surface area contributed by atoms with Gasteiger partial charge >= 0.3 is 5.97 Å². The standard InChI is InChI=1S/C18H17NO5S/c1-11(25-16-5-3-2-4-13(16)18(21)22)17(20)19-9-12-6-7-14-15(8-12)24-10-23-14/h2-8,11H,9-10H2,1H3,(H,19,20)(H,21,22)/t11-/m0/s1. The second-order valence-electron chi connectivity index (χ2n) is 5.47. The molecule has 0 spiro atoms. The Bertz CT molecular complexity index is 808. The van der Waals surface area contributed by atoms with Gasteiger partial charge in [0.2, 0.25) is 12.7 Å². The minimum atomic E-state index is -1.00. The molecule has 0 aliphatic carbocycles. The molecule has 2 aromatic carbocycles. The van der Waals surface area contributed by atoms with Crippen molar-refractivity contribution in [1.82, 2.24) is 5.32 Å². The summed E-state index contributed by atoms with van der Waals surface area (Å²) in [5, 5.41) is 11.6. The van der Waals surface area contributed by atoms with Gasteiger partial charge in [0.1, 0.15) is 0 Å². The molecule has 0 aromatic heterocycles. The fraction of sp³-hybridized carbons (Fsp3) is 0.222. The topological polar surface area (TPSA) is 84.9 Å². The fourth-order valence-electron chi connectivity index (χ4n) is 2.37. The van der Waals surface area contributed by atoms with Crippen LogP contribution < -0.4 is 14.8 Å². The van der Waals surface area contributed by atoms with Crippen LogP contribution in [-0.4, -0.2) is 29.0 Å². The zero-order chi connectivity index (χ0) is 17.8. The molecule has 3 rings (SSSR count). The molecule has 1 aliphatic heterocycles. The number of carbonyl (C=O) groups is 2. The maximum atomic E-state index is 12.3. The Balaban J connectivity index is 1.59. The number of ether oxygens (including phenoxy) is 2. The molecule has 2 N–H and O–H groups in total. The number of aromatic carboxylic acids is 1. The summed E-state index contributed by atoms with van der Waals surface area (Å²) >= 11 is 1.22. The predicted molar refractivity (Wildman–Crippen MR) is 93.1 cm³/mol. The van der Waals surface area contributed by atoms with Crippen LogP contribution in [0, 0.1) is 0 Å². The number of rotatable bonds is 6. The highest BCUT2D eigenvalue weighted by molar-refractivity contribution is 8.00. The number of carboxylic acids is 1. The molecule has 1 heterocycles. The highest BCUT2D eigenvalue weighted by atomic mass is 32.2. The Morgan fingerprint density at radius 3 is 2.76 bits per heavy atom. The first-order chi connectivity index (χ1) is 12.0. The van der Waals surface area contributed by atoms with Gasteiger partial charge in [-0.3, -0.25) is 4.79 Å². The zero-order valence-electron chi connectivity index (χ0n) is 13.5. The molecule has 0 radical (unpaired) electrons. The Morgan fingerprint density at radius 1 is 1.20 bits per heavy atom. The number of amides is 1. The third-order valence-corrected chi connectivity index (χ3v) is 4.87. The van der Waals surface area contributed by atoms with Gasteiger partial charge in [0.15, 0.2) is 11.5 Å². The first-order valence-electron chi connectivity index (χ1n) is 7.70. The molecule has 0 unspecified atom stereocenters. The third kappa shape index (κ3) is 4.06. The van der Waals surface area contributed by atoms with E-state index >= 15 is 0 Å². The molecule has 130 valence electrons. The van der Waals surface area contributed by atoms with Crippen molar-refractivity contribution in [2.45, 2.75) is 23.6 Å². The first kappa shape index (κ1) is 17.2. The zero-order valence-corrected chi connectivity index (χ0v) is 14.3. The van der Waals surface area contributed by atoms with E-state index in [1.165, 1.54) is 17.8 Å². The van der Waals surface area contributed by atoms with Gasteiger partial charge in [-0.25, -0.2) is 4.79 Å². The Labute approximate surface area is 149 Å². The van der Waals surface area contributed by atoms with E-state index in [1.54, 1.807) is 25.1 Å². The highest BCUT2D eigenvalue weighted by Crippen LogP contribution is 2.32. The predicted octanol–water partition coefficient (Wildman–Crippen LogP) is 2.91. The van der Waals surface area contributed by atoms with E-state index in [0.717, 1.165) is 5.56 Å². The smallest absolute Gasteiger partial charge is 0.336 e. The van der Waals surface area contributed by atoms with Crippen molar-refractivity contribution in [1.29, 1.82) is 0 Å². The normalized spacial score (nSPS) is 13.3. The van der Waals surface area contributed by atoms with Crippen LogP contribution in [0.4, 0.5) is 0 Å². The number of nitrogens with one attached hydrogen (secondary N) is 1. The monoisotopic (exact) mass is 359 g/mol. The molecule has 0 saturated carbocycles. The third-order valence-electron chi connectivity index (χ3n) is 3.69. The summed E-state index contributed by atoms with van der Waals surface area (Å²) in [5.74, 6) is 0.202. The number of benzene rings is 2. The maximum absolute atomic E-state index is 12.3. The summed E-state index contributed by atoms with van der Waals surface area (Å²) in [6, 6.07) is 12.2. The molecular weight excluding hydrogens is 342 g/mol. The molecule has 2 aromatic rings. The van der Waals surface area contributed by atoms with Crippen molar-refractivity contribution in [3.05, 3.63) is 53.6 Å². The molecular formula is C18H17NO5S. The van der Waals surface area contributed by atoms with Crippen LogP contribution in [0.2, 0.25) is 0 Å². The largest absolute Gasteiger partial charge is 0.478 e. The van der Waals surface area contributed by atoms with Crippen molar-refractivity contribution in [3.63, 3.8) is 0 Å². The van der Waals surface area contributed by atoms with Crippen LogP contribution in [0.15, 0.2) is 47.4 Å². The molecule has 0 fully saturated rings. The second-order valence-corrected chi connectivity index (χ2v) is 6.85. The summed E-state index contributed by atoms with van der Waals surface area (Å²) in [5.41, 5.74) is 1.10. The van der Waals surface area contributed by atoms with Crippen molar-refractivity contribution >= 4 is 23.6 Å². The van der Waals surface area contributed by atoms with E-state index in [2.05, 4.69) is 5.32 Å². The van der Waals surface area contributed by atoms with E-state index in [1.807, 2.05) is 18.2 Å². The van der Waals surface area contributed by atoms with Gasteiger partial charge < -0.3 is 19.9 Å². The van der Waals surface area contributed by atoms with E-state index in [4.69, 9.17) is 9.47 Å². The number of carbonyl (C=O) groups excluding carboxylic acids is 1. The van der Waals surface area contributed by atoms with Crippen molar-refractivity contribution < 1.29 is 24.2 Å². The molecule has 0 saturated heterocycles. The second kappa shape index (κ2) is 7.48. The molecule has 0 bridgehead atoms. The Kier molecular flexibility index (Phi) is 5.14. The Morgan fingerprint density at radius 2 is 1.96 bits per heavy atom. The van der Waals surface area contributed by atoms with Crippen LogP contribution in [-0.2, 0) is 11.3 Å². The number of hydrogen-bond acceptors (Lipinski definition) is 5. The van der Waals surface area contributed by atoms with Gasteiger partial charge in [0.25, 0.3) is 0 Å². The molecule has 6 nitrogen and oxygen atoms in total. The summed E-state index contributed by atoms with van der Waals surface area (Å²) in [4.78, 5) is 24.1. The van der Waals surface area contributed by atoms with Crippen molar-refractivity contribution in [2.24, 2.45) is 0 Å². The van der Waals surface area contributed by atoms with Crippen LogP contribution >= 0.6 is 11.8 Å². The van der Waals surface area contributed by atoms with Gasteiger partial charge in [0, 0.05) is 11.4 Å². The molecule has 1 aliphatic rings. The van der Waals surface area contributed by atoms with Gasteiger partial charge in [-0.15, -0.1) is 11.8 Å². The number of hydrogen-bond donors (Lipinski definition) is 2. The lowest BCUT2D eigenvalue weighted by molar-refractivity contribution is -0.120. The number of thioether (sulfide) groups is 1. The number of fused-ring (bicyclic) bond motifs is 1. The SMILES string of the molecule is C[C@H](Sc1ccccc1C(=O)O)C(=O)NCc1ccc2c(c1)OCO2. The summed E-state index contributed by atoms with van der Waals surface area (Å²) in [6.45, 7) is 2.32. The molecule has 25 heavy (non-hydrogen) atoms. The lowest BCUT2D eigenvalue weighted by Crippen LogP contribution is -2.30. The molecule has 7 heteroatoms. The van der Waals surface area contributed by atoms with Gasteiger partial charge in [0.05, 0.1) is 10.8 Å². The van der Waals surface area contributed by atoms with Crippen LogP contribution in [0.3, 0.4) is 0 Å². The van der Waals surface area contributed by atoms with Gasteiger partial charge in [-0.2, -0.15) is 0 Å². The highest BCUT2D eigenvalue weighted by Gasteiger charge is 2.19. The van der Waals surface area contributed by atoms with Crippen molar-refractivity contribution in [2.75, 3.05) is 6.79 Å². The lowest BCUT2D eigenvalue weighted by atomic mass is 10.2. The van der Waals surface area contributed by atoms with Crippen molar-refractivity contribution in [3.8, 4) is 11.5 Å². The van der Waals surface area contributed by atoms with Gasteiger partial charge in [-0.1, -0.05) is 18.2 Å². The quantitative estimate of drug-likeness (QED) is 0.772. The summed E-state index contributed by atoms with van der Waals surface area (Å²) in [7, 11) is 0. The minimum Gasteiger partial charge on any atom is -0.478 e. The number of carboxylic acid groups (broad SMARTS) is 1. The van der Waals surface area contributed by atoms with E-state index in [9.17, 15) is 14.7 Å². The van der Waals surface area contributed by atoms with Crippen LogP contribution in [0.1, 0.15) is 22.8 Å². The van der Waals surface area contributed by atoms with Crippen LogP contribution in [0.5, 0.6) is 11.5 Å².